The number of carbonyl (C=O) groups is 1. The summed E-state index contributed by atoms with van der Waals surface area (Å²) in [4.78, 5) is 29.2. The quantitative estimate of drug-likeness (QED) is 0.560. The number of rotatable bonds is 4. The van der Waals surface area contributed by atoms with Crippen LogP contribution in [-0.4, -0.2) is 20.7 Å². The first-order chi connectivity index (χ1) is 12.6. The van der Waals surface area contributed by atoms with Crippen molar-refractivity contribution in [2.24, 2.45) is 0 Å². The summed E-state index contributed by atoms with van der Waals surface area (Å²) in [6.45, 7) is 2.21. The minimum Gasteiger partial charge on any atom is -0.292 e. The van der Waals surface area contributed by atoms with Gasteiger partial charge >= 0.3 is 0 Å². The van der Waals surface area contributed by atoms with Gasteiger partial charge in [-0.2, -0.15) is 0 Å². The third-order valence-corrected chi connectivity index (χ3v) is 4.87. The molecule has 1 amide bonds. The van der Waals surface area contributed by atoms with E-state index < -0.39 is 5.91 Å². The molecule has 1 heterocycles. The molecule has 1 aliphatic rings. The van der Waals surface area contributed by atoms with Crippen LogP contribution in [0.1, 0.15) is 46.1 Å². The summed E-state index contributed by atoms with van der Waals surface area (Å²) in [7, 11) is 0. The number of aromatic nitrogens is 2. The Kier molecular flexibility index (Phi) is 4.05. The monoisotopic (exact) mass is 349 g/mol. The summed E-state index contributed by atoms with van der Waals surface area (Å²) >= 11 is 0. The molecule has 0 unspecified atom stereocenters. The number of hydrogen-bond donors (Lipinski definition) is 2. The Bertz CT molecular complexity index is 1070. The number of fused-ring (bicyclic) bond motifs is 1. The maximum absolute atomic E-state index is 12.8. The van der Waals surface area contributed by atoms with Crippen molar-refractivity contribution in [2.45, 2.75) is 32.2 Å². The Morgan fingerprint density at radius 2 is 2.04 bits per heavy atom. The molecule has 1 fully saturated rings. The number of carbonyl (C=O) groups excluding carboxylic acids is 1. The number of hydrogen-bond acceptors (Lipinski definition) is 4. The molecule has 0 atom stereocenters. The van der Waals surface area contributed by atoms with Gasteiger partial charge < -0.3 is 0 Å². The third-order valence-electron chi connectivity index (χ3n) is 4.87. The lowest BCUT2D eigenvalue weighted by Crippen LogP contribution is -2.25. The van der Waals surface area contributed by atoms with Gasteiger partial charge in [0.05, 0.1) is 17.4 Å². The zero-order valence-electron chi connectivity index (χ0n) is 14.4. The van der Waals surface area contributed by atoms with Gasteiger partial charge in [-0.15, -0.1) is 0 Å². The highest BCUT2D eigenvalue weighted by Crippen LogP contribution is 2.42. The summed E-state index contributed by atoms with van der Waals surface area (Å²) in [5.74, 6) is 0.493. The van der Waals surface area contributed by atoms with Crippen molar-refractivity contribution in [3.8, 4) is 0 Å². The number of nitrogens with zero attached hydrogens (tertiary/aromatic N) is 2. The SMILES string of the molecule is Cc1nc2ccccc2c(=O)n1Cc1ccc(C(=O)NO)c(C2CC2)c1. The van der Waals surface area contributed by atoms with Gasteiger partial charge in [0.1, 0.15) is 5.82 Å². The maximum Gasteiger partial charge on any atom is 0.274 e. The maximum atomic E-state index is 12.8. The number of hydroxylamine groups is 1. The van der Waals surface area contributed by atoms with Gasteiger partial charge in [-0.05, 0) is 55.0 Å². The van der Waals surface area contributed by atoms with Crippen molar-refractivity contribution in [2.75, 3.05) is 0 Å². The van der Waals surface area contributed by atoms with Gasteiger partial charge in [-0.25, -0.2) is 10.5 Å². The molecule has 1 aromatic heterocycles. The average molecular weight is 349 g/mol. The van der Waals surface area contributed by atoms with Gasteiger partial charge in [-0.3, -0.25) is 19.4 Å². The van der Waals surface area contributed by atoms with Crippen molar-refractivity contribution in [1.29, 1.82) is 0 Å². The Morgan fingerprint density at radius 3 is 2.77 bits per heavy atom. The van der Waals surface area contributed by atoms with Crippen molar-refractivity contribution < 1.29 is 10.0 Å². The molecule has 0 bridgehead atoms. The molecule has 4 rings (SSSR count). The zero-order chi connectivity index (χ0) is 18.3. The highest BCUT2D eigenvalue weighted by Gasteiger charge is 2.28. The summed E-state index contributed by atoms with van der Waals surface area (Å²) in [5.41, 5.74) is 4.68. The molecule has 0 aliphatic heterocycles. The van der Waals surface area contributed by atoms with Gasteiger partial charge in [0.15, 0.2) is 0 Å². The van der Waals surface area contributed by atoms with Gasteiger partial charge in [0, 0.05) is 5.56 Å². The van der Waals surface area contributed by atoms with Crippen LogP contribution >= 0.6 is 0 Å². The molecule has 26 heavy (non-hydrogen) atoms. The van der Waals surface area contributed by atoms with Crippen LogP contribution in [0.4, 0.5) is 0 Å². The Hall–Kier alpha value is -2.99. The molecule has 0 spiro atoms. The lowest BCUT2D eigenvalue weighted by atomic mass is 9.99. The van der Waals surface area contributed by atoms with Crippen molar-refractivity contribution in [3.05, 3.63) is 75.3 Å². The van der Waals surface area contributed by atoms with Crippen LogP contribution in [0.15, 0.2) is 47.3 Å². The van der Waals surface area contributed by atoms with Crippen LogP contribution in [-0.2, 0) is 6.54 Å². The molecule has 2 N–H and O–H groups in total. The molecular formula is C20H19N3O3. The standard InChI is InChI=1S/C20H19N3O3/c1-12-21-18-5-3-2-4-16(18)20(25)23(12)11-13-6-9-15(19(24)22-26)17(10-13)14-7-8-14/h2-6,9-10,14,26H,7-8,11H2,1H3,(H,22,24). The summed E-state index contributed by atoms with van der Waals surface area (Å²) in [5, 5.41) is 9.53. The molecule has 0 saturated heterocycles. The van der Waals surface area contributed by atoms with E-state index in [1.165, 1.54) is 0 Å². The number of aryl methyl sites for hydroxylation is 1. The van der Waals surface area contributed by atoms with Crippen LogP contribution in [0.5, 0.6) is 0 Å². The Morgan fingerprint density at radius 1 is 1.27 bits per heavy atom. The van der Waals surface area contributed by atoms with Crippen LogP contribution in [0, 0.1) is 6.92 Å². The average Bonchev–Trinajstić information content (AvgIpc) is 3.49. The molecule has 3 aromatic rings. The van der Waals surface area contributed by atoms with Crippen LogP contribution in [0.25, 0.3) is 10.9 Å². The Labute approximate surface area is 150 Å². The number of benzene rings is 2. The number of amides is 1. The predicted molar refractivity (Wildman–Crippen MR) is 97.5 cm³/mol. The first-order valence-electron chi connectivity index (χ1n) is 8.62. The molecule has 1 saturated carbocycles. The molecule has 2 aromatic carbocycles. The molecule has 132 valence electrons. The van der Waals surface area contributed by atoms with Crippen LogP contribution in [0.3, 0.4) is 0 Å². The van der Waals surface area contributed by atoms with Crippen molar-refractivity contribution in [3.63, 3.8) is 0 Å². The smallest absolute Gasteiger partial charge is 0.274 e. The topological polar surface area (TPSA) is 84.2 Å². The molecule has 6 nitrogen and oxygen atoms in total. The highest BCUT2D eigenvalue weighted by atomic mass is 16.5. The highest BCUT2D eigenvalue weighted by molar-refractivity contribution is 5.95. The first-order valence-corrected chi connectivity index (χ1v) is 8.62. The van der Waals surface area contributed by atoms with E-state index >= 15 is 0 Å². The molecular weight excluding hydrogens is 330 g/mol. The van der Waals surface area contributed by atoms with Gasteiger partial charge in [0.2, 0.25) is 0 Å². The predicted octanol–water partition coefficient (Wildman–Crippen LogP) is 2.75. The summed E-state index contributed by atoms with van der Waals surface area (Å²) in [6, 6.07) is 12.8. The van der Waals surface area contributed by atoms with E-state index in [0.29, 0.717) is 34.8 Å². The van der Waals surface area contributed by atoms with E-state index in [1.807, 2.05) is 37.3 Å². The minimum absolute atomic E-state index is 0.0711. The normalized spacial score (nSPS) is 13.8. The van der Waals surface area contributed by atoms with Gasteiger partial charge in [-0.1, -0.05) is 24.3 Å². The van der Waals surface area contributed by atoms with E-state index in [0.717, 1.165) is 24.0 Å². The first kappa shape index (κ1) is 16.5. The lowest BCUT2D eigenvalue weighted by molar-refractivity contribution is 0.0705. The number of nitrogens with one attached hydrogen (secondary N) is 1. The van der Waals surface area contributed by atoms with E-state index in [2.05, 4.69) is 4.98 Å². The second-order valence-electron chi connectivity index (χ2n) is 6.70. The minimum atomic E-state index is -0.501. The Balaban J connectivity index is 1.76. The largest absolute Gasteiger partial charge is 0.292 e. The fourth-order valence-corrected chi connectivity index (χ4v) is 3.36. The van der Waals surface area contributed by atoms with Crippen molar-refractivity contribution in [1.82, 2.24) is 15.0 Å². The van der Waals surface area contributed by atoms with Gasteiger partial charge in [0.25, 0.3) is 11.5 Å². The van der Waals surface area contributed by atoms with E-state index in [9.17, 15) is 9.59 Å². The molecule has 6 heteroatoms. The summed E-state index contributed by atoms with van der Waals surface area (Å²) in [6.07, 6.45) is 2.07. The lowest BCUT2D eigenvalue weighted by Gasteiger charge is -2.13. The second-order valence-corrected chi connectivity index (χ2v) is 6.70. The molecule has 0 radical (unpaired) electrons. The van der Waals surface area contributed by atoms with Crippen molar-refractivity contribution >= 4 is 16.8 Å². The second kappa shape index (κ2) is 6.38. The number of para-hydroxylation sites is 1. The van der Waals surface area contributed by atoms with E-state index in [-0.39, 0.29) is 5.56 Å². The summed E-state index contributed by atoms with van der Waals surface area (Å²) < 4.78 is 1.65. The molecule has 1 aliphatic carbocycles. The van der Waals surface area contributed by atoms with Crippen LogP contribution < -0.4 is 11.0 Å². The van der Waals surface area contributed by atoms with E-state index in [4.69, 9.17) is 5.21 Å². The van der Waals surface area contributed by atoms with E-state index in [1.54, 1.807) is 22.2 Å². The van der Waals surface area contributed by atoms with Crippen LogP contribution in [0.2, 0.25) is 0 Å². The third kappa shape index (κ3) is 2.88. The fraction of sp³-hybridized carbons (Fsp3) is 0.250. The fourth-order valence-electron chi connectivity index (χ4n) is 3.36. The zero-order valence-corrected chi connectivity index (χ0v) is 14.4.